The number of terminal acetylenes is 1. The van der Waals surface area contributed by atoms with E-state index in [1.807, 2.05) is 37.1 Å². The predicted molar refractivity (Wildman–Crippen MR) is 90.1 cm³/mol. The van der Waals surface area contributed by atoms with Crippen molar-refractivity contribution in [2.45, 2.75) is 18.9 Å². The first kappa shape index (κ1) is 15.5. The van der Waals surface area contributed by atoms with Crippen LogP contribution in [0.25, 0.3) is 0 Å². The molecular weight excluding hydrogens is 356 g/mol. The molecule has 0 saturated carbocycles. The molecule has 2 atom stereocenters. The fourth-order valence-electron chi connectivity index (χ4n) is 3.06. The van der Waals surface area contributed by atoms with Crippen LogP contribution in [0.15, 0.2) is 46.9 Å². The van der Waals surface area contributed by atoms with Crippen LogP contribution in [0, 0.1) is 19.3 Å². The van der Waals surface area contributed by atoms with Crippen LogP contribution in [0.4, 0.5) is 0 Å². The molecule has 0 aliphatic heterocycles. The number of rotatable bonds is 2. The third kappa shape index (κ3) is 2.58. The van der Waals surface area contributed by atoms with E-state index in [-0.39, 0.29) is 5.78 Å². The zero-order chi connectivity index (χ0) is 16.6. The van der Waals surface area contributed by atoms with Crippen molar-refractivity contribution in [1.82, 2.24) is 0 Å². The van der Waals surface area contributed by atoms with Crippen LogP contribution in [0.5, 0.6) is 0 Å². The van der Waals surface area contributed by atoms with Crippen LogP contribution in [-0.4, -0.2) is 11.8 Å². The largest absolute Gasteiger partial charge is 0.447 e. The molecule has 4 heteroatoms. The van der Waals surface area contributed by atoms with E-state index in [0.29, 0.717) is 11.1 Å². The average Bonchev–Trinajstić information content (AvgIpc) is 2.81. The quantitative estimate of drug-likeness (QED) is 0.457. The molecular formula is C19H13BrO3. The lowest BCUT2D eigenvalue weighted by Gasteiger charge is -2.22. The summed E-state index contributed by atoms with van der Waals surface area (Å²) in [7, 11) is 0. The lowest BCUT2D eigenvalue weighted by Crippen LogP contribution is -2.18. The van der Waals surface area contributed by atoms with Crippen molar-refractivity contribution in [2.24, 2.45) is 0 Å². The van der Waals surface area contributed by atoms with Crippen molar-refractivity contribution < 1.29 is 14.3 Å². The summed E-state index contributed by atoms with van der Waals surface area (Å²) in [6.07, 6.45) is 4.42. The monoisotopic (exact) mass is 368 g/mol. The van der Waals surface area contributed by atoms with Crippen molar-refractivity contribution >= 4 is 27.7 Å². The topological polar surface area (TPSA) is 43.4 Å². The second-order valence-corrected chi connectivity index (χ2v) is 6.22. The normalized spacial score (nSPS) is 19.1. The lowest BCUT2D eigenvalue weighted by molar-refractivity contribution is -0.142. The van der Waals surface area contributed by atoms with Gasteiger partial charge in [-0.2, -0.15) is 0 Å². The van der Waals surface area contributed by atoms with E-state index in [0.717, 1.165) is 15.6 Å². The van der Waals surface area contributed by atoms with Gasteiger partial charge in [0.1, 0.15) is 6.10 Å². The van der Waals surface area contributed by atoms with Crippen LogP contribution in [-0.2, 0) is 9.53 Å². The Kier molecular flexibility index (Phi) is 4.06. The van der Waals surface area contributed by atoms with Gasteiger partial charge < -0.3 is 4.74 Å². The van der Waals surface area contributed by atoms with Crippen LogP contribution >= 0.6 is 15.9 Å². The molecule has 0 N–H and O–H groups in total. The number of carbonyl (C=O) groups is 2. The van der Waals surface area contributed by atoms with E-state index >= 15 is 0 Å². The number of Topliss-reactive ketones (excluding diaryl/α,β-unsaturated/α-hetero) is 1. The molecule has 0 aromatic heterocycles. The molecule has 1 aliphatic carbocycles. The third-order valence-electron chi connectivity index (χ3n) is 4.05. The molecule has 0 heterocycles. The molecule has 2 aromatic carbocycles. The molecule has 0 spiro atoms. The molecule has 0 fully saturated rings. The number of halogens is 1. The summed E-state index contributed by atoms with van der Waals surface area (Å²) in [6.45, 7) is 1.93. The van der Waals surface area contributed by atoms with Crippen molar-refractivity contribution in [3.8, 4) is 12.3 Å². The lowest BCUT2D eigenvalue weighted by atomic mass is 9.90. The maximum absolute atomic E-state index is 12.9. The Labute approximate surface area is 142 Å². The Bertz CT molecular complexity index is 828. The highest BCUT2D eigenvalue weighted by Gasteiger charge is 2.44. The fraction of sp³-hybridized carbons (Fsp3) is 0.158. The predicted octanol–water partition coefficient (Wildman–Crippen LogP) is 3.96. The van der Waals surface area contributed by atoms with E-state index in [9.17, 15) is 9.59 Å². The second-order valence-electron chi connectivity index (χ2n) is 5.37. The van der Waals surface area contributed by atoms with Crippen LogP contribution in [0.2, 0.25) is 0 Å². The molecule has 0 radical (unpaired) electrons. The minimum absolute atomic E-state index is 0.0644. The molecule has 1 aliphatic rings. The van der Waals surface area contributed by atoms with Gasteiger partial charge in [0, 0.05) is 21.5 Å². The summed E-state index contributed by atoms with van der Waals surface area (Å²) < 4.78 is 6.23. The summed E-state index contributed by atoms with van der Waals surface area (Å²) in [6, 6.07) is 12.9. The van der Waals surface area contributed by atoms with Gasteiger partial charge in [0.05, 0.1) is 5.92 Å². The highest BCUT2D eigenvalue weighted by atomic mass is 79.9. The summed E-state index contributed by atoms with van der Waals surface area (Å²) >= 11 is 3.51. The smallest absolute Gasteiger partial charge is 0.384 e. The van der Waals surface area contributed by atoms with Gasteiger partial charge in [0.25, 0.3) is 0 Å². The Morgan fingerprint density at radius 3 is 2.65 bits per heavy atom. The number of esters is 1. The number of hydrogen-bond donors (Lipinski definition) is 0. The van der Waals surface area contributed by atoms with E-state index in [1.165, 1.54) is 0 Å². The van der Waals surface area contributed by atoms with E-state index in [1.54, 1.807) is 18.2 Å². The number of aryl methyl sites for hydroxylation is 1. The minimum atomic E-state index is -0.769. The Balaban J connectivity index is 2.17. The maximum Gasteiger partial charge on any atom is 0.384 e. The summed E-state index contributed by atoms with van der Waals surface area (Å²) in [4.78, 5) is 24.6. The molecule has 3 nitrogen and oxygen atoms in total. The van der Waals surface area contributed by atoms with Gasteiger partial charge in [0.15, 0.2) is 5.78 Å². The number of carbonyl (C=O) groups excluding carboxylic acids is 2. The van der Waals surface area contributed by atoms with Gasteiger partial charge >= 0.3 is 5.97 Å². The van der Waals surface area contributed by atoms with Gasteiger partial charge in [0.2, 0.25) is 0 Å². The molecule has 0 amide bonds. The van der Waals surface area contributed by atoms with Crippen LogP contribution in [0.1, 0.15) is 39.1 Å². The molecule has 0 bridgehead atoms. The van der Waals surface area contributed by atoms with Crippen LogP contribution < -0.4 is 0 Å². The van der Waals surface area contributed by atoms with E-state index in [4.69, 9.17) is 11.2 Å². The highest BCUT2D eigenvalue weighted by molar-refractivity contribution is 9.10. The standard InChI is InChI=1S/C19H13BrO3/c1-3-15(21)23-19-13-9-5-4-8-12(13)18(22)17(19)16-11(2)7-6-10-14(16)20/h1,4-10,17,19H,2H3. The molecule has 114 valence electrons. The van der Waals surface area contributed by atoms with Gasteiger partial charge in [-0.25, -0.2) is 4.79 Å². The SMILES string of the molecule is C#CC(=O)OC1c2ccccc2C(=O)C1c1c(C)cccc1Br. The number of ketones is 1. The zero-order valence-corrected chi connectivity index (χ0v) is 14.0. The first-order valence-electron chi connectivity index (χ1n) is 7.10. The molecule has 23 heavy (non-hydrogen) atoms. The Morgan fingerprint density at radius 2 is 1.96 bits per heavy atom. The van der Waals surface area contributed by atoms with E-state index < -0.39 is 18.0 Å². The summed E-state index contributed by atoms with van der Waals surface area (Å²) in [5, 5.41) is 0. The van der Waals surface area contributed by atoms with Crippen molar-refractivity contribution in [2.75, 3.05) is 0 Å². The van der Waals surface area contributed by atoms with Gasteiger partial charge in [-0.1, -0.05) is 52.3 Å². The highest BCUT2D eigenvalue weighted by Crippen LogP contribution is 2.47. The van der Waals surface area contributed by atoms with Crippen molar-refractivity contribution in [3.05, 3.63) is 69.2 Å². The molecule has 0 saturated heterocycles. The second kappa shape index (κ2) is 6.02. The first-order valence-corrected chi connectivity index (χ1v) is 7.89. The Morgan fingerprint density at radius 1 is 1.22 bits per heavy atom. The summed E-state index contributed by atoms with van der Waals surface area (Å²) in [5.74, 6) is 0.524. The average molecular weight is 369 g/mol. The van der Waals surface area contributed by atoms with Gasteiger partial charge in [-0.05, 0) is 24.1 Å². The van der Waals surface area contributed by atoms with Gasteiger partial charge in [-0.3, -0.25) is 4.79 Å². The van der Waals surface area contributed by atoms with Gasteiger partial charge in [-0.15, -0.1) is 6.42 Å². The number of hydrogen-bond acceptors (Lipinski definition) is 3. The van der Waals surface area contributed by atoms with Crippen molar-refractivity contribution in [3.63, 3.8) is 0 Å². The number of ether oxygens (including phenoxy) is 1. The van der Waals surface area contributed by atoms with Crippen LogP contribution in [0.3, 0.4) is 0 Å². The van der Waals surface area contributed by atoms with Crippen molar-refractivity contribution in [1.29, 1.82) is 0 Å². The number of fused-ring (bicyclic) bond motifs is 1. The Hall–Kier alpha value is -2.38. The zero-order valence-electron chi connectivity index (χ0n) is 12.4. The third-order valence-corrected chi connectivity index (χ3v) is 4.74. The number of benzene rings is 2. The molecule has 2 aromatic rings. The molecule has 2 unspecified atom stereocenters. The first-order chi connectivity index (χ1) is 11.0. The fourth-order valence-corrected chi connectivity index (χ4v) is 3.77. The summed E-state index contributed by atoms with van der Waals surface area (Å²) in [5.41, 5.74) is 3.04. The molecule has 3 rings (SSSR count). The maximum atomic E-state index is 12.9. The minimum Gasteiger partial charge on any atom is -0.447 e. The van der Waals surface area contributed by atoms with E-state index in [2.05, 4.69) is 15.9 Å².